The largest absolute Gasteiger partial charge is 0.462 e. The highest BCUT2D eigenvalue weighted by molar-refractivity contribution is 5.26. The van der Waals surface area contributed by atoms with Crippen molar-refractivity contribution in [1.82, 2.24) is 9.97 Å². The summed E-state index contributed by atoms with van der Waals surface area (Å²) in [6, 6.07) is 0. The molecule has 10 heavy (non-hydrogen) atoms. The van der Waals surface area contributed by atoms with Gasteiger partial charge < -0.3 is 4.74 Å². The fraction of sp³-hybridized carbons (Fsp3) is 0. The van der Waals surface area contributed by atoms with Gasteiger partial charge in [0.05, 0.1) is 5.22 Å². The van der Waals surface area contributed by atoms with Crippen molar-refractivity contribution >= 4 is 12.0 Å². The lowest BCUT2D eigenvalue weighted by molar-refractivity contribution is 0.460. The van der Waals surface area contributed by atoms with Crippen LogP contribution in [0.25, 0.3) is 12.0 Å². The van der Waals surface area contributed by atoms with E-state index in [1.165, 1.54) is 12.6 Å². The van der Waals surface area contributed by atoms with Crippen molar-refractivity contribution in [1.29, 1.82) is 0 Å². The van der Waals surface area contributed by atoms with E-state index in [1.807, 2.05) is 0 Å². The van der Waals surface area contributed by atoms with Crippen molar-refractivity contribution in [3.05, 3.63) is 29.4 Å². The topological polar surface area (TPSA) is 35.0 Å². The molecule has 0 radical (unpaired) electrons. The summed E-state index contributed by atoms with van der Waals surface area (Å²) in [5, 5.41) is 1.64. The average Bonchev–Trinajstić information content (AvgIpc) is 2.05. The van der Waals surface area contributed by atoms with Gasteiger partial charge in [-0.05, 0) is 0 Å². The maximum Gasteiger partial charge on any atom is 0.133 e. The lowest BCUT2D eigenvalue weighted by Gasteiger charge is -1.91. The molecule has 0 saturated heterocycles. The summed E-state index contributed by atoms with van der Waals surface area (Å²) in [5.74, 6) is 0. The Bertz CT molecular complexity index is 390. The average molecular weight is 132 g/mol. The van der Waals surface area contributed by atoms with E-state index in [0.717, 1.165) is 10.6 Å². The molecule has 3 nitrogen and oxygen atoms in total. The molecule has 1 aromatic heterocycles. The van der Waals surface area contributed by atoms with Crippen LogP contribution in [0.2, 0.25) is 0 Å². The van der Waals surface area contributed by atoms with Gasteiger partial charge in [-0.15, -0.1) is 0 Å². The second kappa shape index (κ2) is 1.97. The van der Waals surface area contributed by atoms with Gasteiger partial charge in [-0.1, -0.05) is 5.73 Å². The van der Waals surface area contributed by atoms with Crippen LogP contribution >= 0.6 is 0 Å². The Morgan fingerprint density at radius 1 is 1.50 bits per heavy atom. The lowest BCUT2D eigenvalue weighted by Crippen LogP contribution is -2.28. The molecule has 0 bridgehead atoms. The summed E-state index contributed by atoms with van der Waals surface area (Å²) in [4.78, 5) is 7.77. The van der Waals surface area contributed by atoms with Crippen LogP contribution in [0.15, 0.2) is 18.8 Å². The number of nitrogens with zero attached hydrogens (tertiary/aromatic N) is 2. The van der Waals surface area contributed by atoms with E-state index in [4.69, 9.17) is 4.74 Å². The molecule has 1 aromatic rings. The van der Waals surface area contributed by atoms with Gasteiger partial charge in [-0.2, -0.15) is 0 Å². The second-order valence-corrected chi connectivity index (χ2v) is 1.84. The van der Waals surface area contributed by atoms with Gasteiger partial charge in [0.15, 0.2) is 0 Å². The van der Waals surface area contributed by atoms with Crippen molar-refractivity contribution in [3.63, 3.8) is 0 Å². The molecule has 0 spiro atoms. The SMILES string of the molecule is C1=COC=c2ncncc2=1. The molecule has 0 amide bonds. The molecule has 1 aliphatic rings. The summed E-state index contributed by atoms with van der Waals surface area (Å²) >= 11 is 0. The highest BCUT2D eigenvalue weighted by Gasteiger charge is 1.87. The molecule has 2 rings (SSSR count). The molecule has 0 aliphatic carbocycles. The van der Waals surface area contributed by atoms with Crippen LogP contribution in [0.3, 0.4) is 0 Å². The maximum absolute atomic E-state index is 4.84. The monoisotopic (exact) mass is 132 g/mol. The fourth-order valence-electron chi connectivity index (χ4n) is 0.740. The first kappa shape index (κ1) is 5.21. The quantitative estimate of drug-likeness (QED) is 0.460. The van der Waals surface area contributed by atoms with E-state index in [2.05, 4.69) is 15.7 Å². The third kappa shape index (κ3) is 0.694. The molecule has 0 N–H and O–H groups in total. The molecule has 0 atom stereocenters. The van der Waals surface area contributed by atoms with E-state index >= 15 is 0 Å². The van der Waals surface area contributed by atoms with Crippen LogP contribution in [-0.2, 0) is 4.74 Å². The summed E-state index contributed by atoms with van der Waals surface area (Å²) in [6.45, 7) is 0. The summed E-state index contributed by atoms with van der Waals surface area (Å²) in [7, 11) is 0. The van der Waals surface area contributed by atoms with Crippen LogP contribution < -0.4 is 10.6 Å². The lowest BCUT2D eigenvalue weighted by atomic mass is 10.4. The second-order valence-electron chi connectivity index (χ2n) is 1.84. The van der Waals surface area contributed by atoms with Gasteiger partial charge in [-0.3, -0.25) is 0 Å². The van der Waals surface area contributed by atoms with Crippen LogP contribution in [0.4, 0.5) is 0 Å². The third-order valence-electron chi connectivity index (χ3n) is 1.21. The summed E-state index contributed by atoms with van der Waals surface area (Å²) < 4.78 is 4.84. The van der Waals surface area contributed by atoms with Crippen molar-refractivity contribution in [2.75, 3.05) is 0 Å². The maximum atomic E-state index is 4.84. The Kier molecular flexibility index (Phi) is 1.03. The summed E-state index contributed by atoms with van der Waals surface area (Å²) in [6.07, 6.45) is 6.21. The Morgan fingerprint density at radius 2 is 2.50 bits per heavy atom. The van der Waals surface area contributed by atoms with Gasteiger partial charge >= 0.3 is 0 Å². The minimum atomic E-state index is 0.775. The molecule has 48 valence electrons. The molecule has 0 saturated carbocycles. The zero-order valence-electron chi connectivity index (χ0n) is 5.11. The molecular formula is C7H4N2O. The van der Waals surface area contributed by atoms with E-state index in [-0.39, 0.29) is 0 Å². The number of rotatable bonds is 0. The van der Waals surface area contributed by atoms with Crippen molar-refractivity contribution < 1.29 is 4.74 Å². The Labute approximate surface area is 57.0 Å². The van der Waals surface area contributed by atoms with Crippen LogP contribution in [-0.4, -0.2) is 9.97 Å². The highest BCUT2D eigenvalue weighted by Crippen LogP contribution is 1.76. The molecule has 2 heterocycles. The molecule has 0 aromatic carbocycles. The van der Waals surface area contributed by atoms with E-state index in [1.54, 1.807) is 12.5 Å². The molecule has 0 fully saturated rings. The number of ether oxygens (including phenoxy) is 1. The van der Waals surface area contributed by atoms with Crippen LogP contribution in [0.5, 0.6) is 0 Å². The first-order valence-corrected chi connectivity index (χ1v) is 2.84. The number of aromatic nitrogens is 2. The van der Waals surface area contributed by atoms with Crippen molar-refractivity contribution in [2.45, 2.75) is 0 Å². The Hall–Kier alpha value is -1.60. The van der Waals surface area contributed by atoms with E-state index in [9.17, 15) is 0 Å². The number of hydrogen-bond acceptors (Lipinski definition) is 3. The summed E-state index contributed by atoms with van der Waals surface area (Å²) in [5.41, 5.74) is 2.86. The van der Waals surface area contributed by atoms with E-state index < -0.39 is 0 Å². The molecular weight excluding hydrogens is 128 g/mol. The van der Waals surface area contributed by atoms with Crippen LogP contribution in [0.1, 0.15) is 0 Å². The Morgan fingerprint density at radius 3 is 3.40 bits per heavy atom. The van der Waals surface area contributed by atoms with Gasteiger partial charge in [0.25, 0.3) is 0 Å². The fourth-order valence-corrected chi connectivity index (χ4v) is 0.740. The highest BCUT2D eigenvalue weighted by atomic mass is 16.5. The van der Waals surface area contributed by atoms with E-state index in [0.29, 0.717) is 0 Å². The normalized spacial score (nSPS) is 12.4. The van der Waals surface area contributed by atoms with Gasteiger partial charge in [-0.25, -0.2) is 9.97 Å². The standard InChI is InChI=1S/C7H4N2O/c1-2-10-4-7-6(1)3-8-5-9-7/h2-5H. The first-order chi connectivity index (χ1) is 4.97. The van der Waals surface area contributed by atoms with Gasteiger partial charge in [0, 0.05) is 6.20 Å². The van der Waals surface area contributed by atoms with Gasteiger partial charge in [0.1, 0.15) is 24.2 Å². The minimum Gasteiger partial charge on any atom is -0.462 e. The third-order valence-corrected chi connectivity index (χ3v) is 1.21. The first-order valence-electron chi connectivity index (χ1n) is 2.84. The predicted molar refractivity (Wildman–Crippen MR) is 34.8 cm³/mol. The zero-order valence-corrected chi connectivity index (χ0v) is 5.11. The van der Waals surface area contributed by atoms with Crippen molar-refractivity contribution in [3.8, 4) is 0 Å². The molecule has 1 aliphatic heterocycles. The van der Waals surface area contributed by atoms with Crippen LogP contribution in [0, 0.1) is 0 Å². The predicted octanol–water partition coefficient (Wildman–Crippen LogP) is -0.862. The smallest absolute Gasteiger partial charge is 0.133 e. The molecule has 3 heteroatoms. The number of fused-ring (bicyclic) bond motifs is 1. The van der Waals surface area contributed by atoms with Gasteiger partial charge in [0.2, 0.25) is 0 Å². The van der Waals surface area contributed by atoms with Crippen molar-refractivity contribution in [2.24, 2.45) is 0 Å². The zero-order chi connectivity index (χ0) is 6.81. The number of hydrogen-bond donors (Lipinski definition) is 0. The Balaban J connectivity index is 3.01. The minimum absolute atomic E-state index is 0.775. The molecule has 0 unspecified atom stereocenters.